The van der Waals surface area contributed by atoms with Crippen LogP contribution in [0.1, 0.15) is 25.7 Å². The van der Waals surface area contributed by atoms with E-state index in [1.54, 1.807) is 0 Å². The first kappa shape index (κ1) is 8.94. The lowest BCUT2D eigenvalue weighted by atomic mass is 9.66. The third-order valence-corrected chi connectivity index (χ3v) is 2.69. The topological polar surface area (TPSA) is 46.2 Å². The molecule has 1 atom stereocenters. The van der Waals surface area contributed by atoms with Gasteiger partial charge < -0.3 is 10.8 Å². The Morgan fingerprint density at radius 3 is 2.45 bits per heavy atom. The van der Waals surface area contributed by atoms with Crippen LogP contribution >= 0.6 is 0 Å². The molecule has 3 heteroatoms. The molecule has 0 amide bonds. The number of hydrogen-bond acceptors (Lipinski definition) is 2. The van der Waals surface area contributed by atoms with Crippen LogP contribution in [0.5, 0.6) is 0 Å². The molecule has 1 fully saturated rings. The first-order chi connectivity index (χ1) is 5.22. The second kappa shape index (κ2) is 3.50. The second-order valence-corrected chi connectivity index (χ2v) is 3.57. The van der Waals surface area contributed by atoms with Crippen LogP contribution < -0.4 is 5.73 Å². The number of rotatable bonds is 4. The van der Waals surface area contributed by atoms with Gasteiger partial charge in [0.2, 0.25) is 0 Å². The van der Waals surface area contributed by atoms with Gasteiger partial charge in [-0.1, -0.05) is 6.42 Å². The molecule has 0 radical (unpaired) electrons. The van der Waals surface area contributed by atoms with Gasteiger partial charge in [0.05, 0.1) is 6.10 Å². The normalized spacial score (nSPS) is 24.3. The second-order valence-electron chi connectivity index (χ2n) is 3.57. The minimum Gasteiger partial charge on any atom is -0.390 e. The Bertz CT molecular complexity index is 120. The fourth-order valence-electron chi connectivity index (χ4n) is 1.72. The molecule has 1 saturated carbocycles. The third kappa shape index (κ3) is 1.91. The van der Waals surface area contributed by atoms with Crippen LogP contribution in [0.15, 0.2) is 0 Å². The smallest absolute Gasteiger partial charge is 0.115 e. The van der Waals surface area contributed by atoms with Crippen LogP contribution in [0.3, 0.4) is 0 Å². The van der Waals surface area contributed by atoms with Gasteiger partial charge in [-0.05, 0) is 31.2 Å². The summed E-state index contributed by atoms with van der Waals surface area (Å²) < 4.78 is 11.9. The van der Waals surface area contributed by atoms with E-state index in [1.165, 1.54) is 6.42 Å². The quantitative estimate of drug-likeness (QED) is 0.641. The van der Waals surface area contributed by atoms with Crippen molar-refractivity contribution < 1.29 is 9.50 Å². The van der Waals surface area contributed by atoms with Gasteiger partial charge in [-0.15, -0.1) is 0 Å². The zero-order valence-corrected chi connectivity index (χ0v) is 6.72. The lowest BCUT2D eigenvalue weighted by molar-refractivity contribution is 0.0345. The van der Waals surface area contributed by atoms with E-state index in [0.29, 0.717) is 13.0 Å². The number of aliphatic hydroxyl groups excluding tert-OH is 1. The van der Waals surface area contributed by atoms with Crippen LogP contribution in [-0.4, -0.2) is 24.4 Å². The number of hydrogen-bond donors (Lipinski definition) is 2. The van der Waals surface area contributed by atoms with Crippen LogP contribution in [0.2, 0.25) is 0 Å². The Hall–Kier alpha value is -0.150. The predicted molar refractivity (Wildman–Crippen MR) is 41.9 cm³/mol. The maximum absolute atomic E-state index is 11.9. The summed E-state index contributed by atoms with van der Waals surface area (Å²) in [6, 6.07) is 0. The maximum atomic E-state index is 11.9. The molecule has 0 aromatic carbocycles. The molecule has 66 valence electrons. The Labute approximate surface area is 66.6 Å². The van der Waals surface area contributed by atoms with E-state index in [1.807, 2.05) is 0 Å². The number of aliphatic hydroxyl groups is 1. The van der Waals surface area contributed by atoms with Gasteiger partial charge in [0.25, 0.3) is 0 Å². The van der Waals surface area contributed by atoms with E-state index >= 15 is 0 Å². The van der Waals surface area contributed by atoms with E-state index in [2.05, 4.69) is 0 Å². The van der Waals surface area contributed by atoms with Crippen LogP contribution in [0.25, 0.3) is 0 Å². The van der Waals surface area contributed by atoms with Crippen molar-refractivity contribution in [3.63, 3.8) is 0 Å². The fourth-order valence-corrected chi connectivity index (χ4v) is 1.72. The van der Waals surface area contributed by atoms with E-state index in [9.17, 15) is 4.39 Å². The van der Waals surface area contributed by atoms with Gasteiger partial charge in [0.1, 0.15) is 6.67 Å². The van der Waals surface area contributed by atoms with Crippen molar-refractivity contribution in [1.82, 2.24) is 0 Å². The standard InChI is InChI=1S/C8H16FNO/c9-5-7(11)4-8(6-10)2-1-3-8/h7,11H,1-6,10H2. The Morgan fingerprint density at radius 2 is 2.18 bits per heavy atom. The monoisotopic (exact) mass is 161 g/mol. The fraction of sp³-hybridized carbons (Fsp3) is 1.00. The highest BCUT2D eigenvalue weighted by Crippen LogP contribution is 2.43. The van der Waals surface area contributed by atoms with Crippen molar-refractivity contribution >= 4 is 0 Å². The van der Waals surface area contributed by atoms with Crippen molar-refractivity contribution in [2.45, 2.75) is 31.8 Å². The van der Waals surface area contributed by atoms with Gasteiger partial charge in [-0.25, -0.2) is 4.39 Å². The number of nitrogens with two attached hydrogens (primary N) is 1. The minimum atomic E-state index is -0.793. The molecular formula is C8H16FNO. The summed E-state index contributed by atoms with van der Waals surface area (Å²) in [5.41, 5.74) is 5.61. The molecule has 0 aromatic heterocycles. The highest BCUT2D eigenvalue weighted by molar-refractivity contribution is 4.90. The van der Waals surface area contributed by atoms with Crippen molar-refractivity contribution in [2.24, 2.45) is 11.1 Å². The average molecular weight is 161 g/mol. The highest BCUT2D eigenvalue weighted by atomic mass is 19.1. The summed E-state index contributed by atoms with van der Waals surface area (Å²) >= 11 is 0. The summed E-state index contributed by atoms with van der Waals surface area (Å²) in [6.07, 6.45) is 3.04. The van der Waals surface area contributed by atoms with Crippen molar-refractivity contribution in [3.8, 4) is 0 Å². The molecule has 0 spiro atoms. The van der Waals surface area contributed by atoms with Crippen molar-refractivity contribution in [1.29, 1.82) is 0 Å². The summed E-state index contributed by atoms with van der Waals surface area (Å²) in [6.45, 7) is -0.0498. The molecule has 0 bridgehead atoms. The number of alkyl halides is 1. The maximum Gasteiger partial charge on any atom is 0.115 e. The highest BCUT2D eigenvalue weighted by Gasteiger charge is 2.37. The Kier molecular flexibility index (Phi) is 2.84. The zero-order valence-electron chi connectivity index (χ0n) is 6.72. The first-order valence-electron chi connectivity index (χ1n) is 4.16. The molecule has 0 saturated heterocycles. The number of halogens is 1. The molecule has 1 aliphatic carbocycles. The molecule has 0 aromatic rings. The minimum absolute atomic E-state index is 0.0749. The lowest BCUT2D eigenvalue weighted by Crippen LogP contribution is -2.40. The van der Waals surface area contributed by atoms with E-state index in [0.717, 1.165) is 12.8 Å². The molecule has 11 heavy (non-hydrogen) atoms. The van der Waals surface area contributed by atoms with Crippen LogP contribution in [-0.2, 0) is 0 Å². The molecule has 1 rings (SSSR count). The summed E-state index contributed by atoms with van der Waals surface area (Å²) in [4.78, 5) is 0. The first-order valence-corrected chi connectivity index (χ1v) is 4.16. The third-order valence-electron chi connectivity index (χ3n) is 2.69. The van der Waals surface area contributed by atoms with E-state index in [-0.39, 0.29) is 5.41 Å². The largest absolute Gasteiger partial charge is 0.390 e. The zero-order chi connectivity index (χ0) is 8.32. The summed E-state index contributed by atoms with van der Waals surface area (Å²) in [5, 5.41) is 9.06. The van der Waals surface area contributed by atoms with Gasteiger partial charge in [-0.3, -0.25) is 0 Å². The van der Waals surface area contributed by atoms with Crippen LogP contribution in [0, 0.1) is 5.41 Å². The van der Waals surface area contributed by atoms with E-state index in [4.69, 9.17) is 10.8 Å². The predicted octanol–water partition coefficient (Wildman–Crippen LogP) is 0.836. The Balaban J connectivity index is 2.32. The average Bonchev–Trinajstić information content (AvgIpc) is 1.96. The van der Waals surface area contributed by atoms with Gasteiger partial charge in [0.15, 0.2) is 0 Å². The summed E-state index contributed by atoms with van der Waals surface area (Å²) in [5.74, 6) is 0. The van der Waals surface area contributed by atoms with Gasteiger partial charge >= 0.3 is 0 Å². The molecule has 0 aliphatic heterocycles. The molecule has 1 unspecified atom stereocenters. The van der Waals surface area contributed by atoms with Gasteiger partial charge in [0, 0.05) is 0 Å². The van der Waals surface area contributed by atoms with Crippen molar-refractivity contribution in [3.05, 3.63) is 0 Å². The summed E-state index contributed by atoms with van der Waals surface area (Å²) in [7, 11) is 0. The van der Waals surface area contributed by atoms with Crippen molar-refractivity contribution in [2.75, 3.05) is 13.2 Å². The molecule has 3 N–H and O–H groups in total. The SMILES string of the molecule is NCC1(CC(O)CF)CCC1. The van der Waals surface area contributed by atoms with Gasteiger partial charge in [-0.2, -0.15) is 0 Å². The van der Waals surface area contributed by atoms with E-state index < -0.39 is 12.8 Å². The molecule has 1 aliphatic rings. The lowest BCUT2D eigenvalue weighted by Gasteiger charge is -2.42. The molecule has 0 heterocycles. The molecule has 2 nitrogen and oxygen atoms in total. The Morgan fingerprint density at radius 1 is 1.55 bits per heavy atom. The molecular weight excluding hydrogens is 145 g/mol. The van der Waals surface area contributed by atoms with Crippen LogP contribution in [0.4, 0.5) is 4.39 Å².